The number of hydrogen-bond donors (Lipinski definition) is 2. The first-order chi connectivity index (χ1) is 11.3. The maximum atomic E-state index is 5.26. The number of pyridine rings is 1. The number of nitrogens with zero attached hydrogens (tertiary/aromatic N) is 4. The van der Waals surface area contributed by atoms with E-state index in [1.54, 1.807) is 25.0 Å². The lowest BCUT2D eigenvalue weighted by Crippen LogP contribution is -2.76. The van der Waals surface area contributed by atoms with Crippen molar-refractivity contribution in [2.24, 2.45) is 5.73 Å². The lowest BCUT2D eigenvalue weighted by molar-refractivity contribution is -0.830. The van der Waals surface area contributed by atoms with Crippen molar-refractivity contribution in [2.75, 3.05) is 7.11 Å². The number of quaternary nitrogens is 1. The van der Waals surface area contributed by atoms with Gasteiger partial charge in [0.05, 0.1) is 13.3 Å². The highest BCUT2D eigenvalue weighted by atomic mass is 16.6. The number of rotatable bonds is 4. The van der Waals surface area contributed by atoms with E-state index < -0.39 is 0 Å². The number of benzene rings is 1. The summed E-state index contributed by atoms with van der Waals surface area (Å²) < 4.78 is 0. The Labute approximate surface area is 133 Å². The second-order valence-corrected chi connectivity index (χ2v) is 4.64. The predicted octanol–water partition coefficient (Wildman–Crippen LogP) is 0.353. The van der Waals surface area contributed by atoms with Crippen LogP contribution in [0.2, 0.25) is 0 Å². The first kappa shape index (κ1) is 14.7. The van der Waals surface area contributed by atoms with Crippen molar-refractivity contribution in [2.45, 2.75) is 0 Å². The van der Waals surface area contributed by atoms with Gasteiger partial charge in [0.25, 0.3) is 0 Å². The maximum absolute atomic E-state index is 5.26. The Bertz CT molecular complexity index is 877. The van der Waals surface area contributed by atoms with E-state index >= 15 is 0 Å². The lowest BCUT2D eigenvalue weighted by Gasteiger charge is -2.02. The van der Waals surface area contributed by atoms with Crippen LogP contribution in [0.5, 0.6) is 0 Å². The molecule has 3 aromatic rings. The molecule has 23 heavy (non-hydrogen) atoms. The third-order valence-electron chi connectivity index (χ3n) is 3.12. The van der Waals surface area contributed by atoms with E-state index in [-0.39, 0.29) is 0 Å². The van der Waals surface area contributed by atoms with E-state index in [1.807, 2.05) is 36.4 Å². The zero-order valence-electron chi connectivity index (χ0n) is 12.5. The molecular weight excluding hydrogens is 292 g/mol. The molecule has 0 aliphatic carbocycles. The molecule has 2 aromatic heterocycles. The third kappa shape index (κ3) is 3.18. The fourth-order valence-electron chi connectivity index (χ4n) is 2.13. The molecule has 0 atom stereocenters. The van der Waals surface area contributed by atoms with Crippen LogP contribution in [0.1, 0.15) is 5.56 Å². The first-order valence-electron chi connectivity index (χ1n) is 6.87. The molecule has 114 valence electrons. The van der Waals surface area contributed by atoms with Gasteiger partial charge in [-0.2, -0.15) is 10.6 Å². The van der Waals surface area contributed by atoms with Gasteiger partial charge in [-0.05, 0) is 24.1 Å². The smallest absolute Gasteiger partial charge is 0.238 e. The molecule has 7 heteroatoms. The molecule has 4 N–H and O–H groups in total. The van der Waals surface area contributed by atoms with E-state index in [4.69, 9.17) is 10.6 Å². The minimum absolute atomic E-state index is 0.596. The maximum Gasteiger partial charge on any atom is 0.238 e. The highest BCUT2D eigenvalue weighted by Gasteiger charge is 2.13. The molecular formula is C16H15N6O+. The second-order valence-electron chi connectivity index (χ2n) is 4.64. The van der Waals surface area contributed by atoms with Crippen molar-refractivity contribution in [1.82, 2.24) is 20.0 Å². The summed E-state index contributed by atoms with van der Waals surface area (Å²) >= 11 is 0. The summed E-state index contributed by atoms with van der Waals surface area (Å²) in [6, 6.07) is 13.7. The molecule has 0 bridgehead atoms. The standard InChI is InChI=1S/C16H14N6O/c1-23-21-14-6-3-9-18-16(14)22-19-11-15(20-22)13-5-2-4-12(10-13)7-8-17/h2-6,9-11,21H,17H2,1H3/p+1. The van der Waals surface area contributed by atoms with E-state index in [0.29, 0.717) is 5.82 Å². The van der Waals surface area contributed by atoms with Crippen LogP contribution in [0.25, 0.3) is 17.1 Å². The zero-order valence-corrected chi connectivity index (χ0v) is 12.5. The number of hydrogen-bond acceptors (Lipinski definition) is 5. The van der Waals surface area contributed by atoms with E-state index in [2.05, 4.69) is 27.1 Å². The van der Waals surface area contributed by atoms with Crippen molar-refractivity contribution in [3.63, 3.8) is 0 Å². The summed E-state index contributed by atoms with van der Waals surface area (Å²) in [7, 11) is 1.59. The van der Waals surface area contributed by atoms with Gasteiger partial charge < -0.3 is 5.73 Å². The monoisotopic (exact) mass is 307 g/mol. The van der Waals surface area contributed by atoms with Gasteiger partial charge in [0.15, 0.2) is 0 Å². The number of aromatic nitrogens is 4. The van der Waals surface area contributed by atoms with Gasteiger partial charge >= 0.3 is 0 Å². The predicted molar refractivity (Wildman–Crippen MR) is 84.2 cm³/mol. The van der Waals surface area contributed by atoms with Crippen molar-refractivity contribution in [3.8, 4) is 29.0 Å². The summed E-state index contributed by atoms with van der Waals surface area (Å²) in [5.41, 5.74) is 10.1. The third-order valence-corrected chi connectivity index (χ3v) is 3.12. The van der Waals surface area contributed by atoms with Crippen LogP contribution in [0.15, 0.2) is 48.8 Å². The summed E-state index contributed by atoms with van der Waals surface area (Å²) in [5.74, 6) is 3.42. The molecule has 0 saturated heterocycles. The Hall–Kier alpha value is -3.21. The van der Waals surface area contributed by atoms with E-state index in [0.717, 1.165) is 22.5 Å². The van der Waals surface area contributed by atoms with Crippen LogP contribution in [-0.2, 0) is 4.84 Å². The van der Waals surface area contributed by atoms with E-state index in [1.165, 1.54) is 4.80 Å². The molecule has 1 aromatic carbocycles. The average Bonchev–Trinajstić information content (AvgIpc) is 3.06. The summed E-state index contributed by atoms with van der Waals surface area (Å²) in [4.78, 5) is 10.8. The summed E-state index contributed by atoms with van der Waals surface area (Å²) in [6.07, 6.45) is 3.36. The highest BCUT2D eigenvalue weighted by molar-refractivity contribution is 5.61. The minimum atomic E-state index is 0.596. The molecule has 0 aliphatic heterocycles. The molecule has 0 unspecified atom stereocenters. The van der Waals surface area contributed by atoms with Crippen LogP contribution < -0.4 is 11.2 Å². The van der Waals surface area contributed by atoms with Crippen LogP contribution in [0, 0.1) is 12.0 Å². The van der Waals surface area contributed by atoms with E-state index in [9.17, 15) is 0 Å². The van der Waals surface area contributed by atoms with Crippen LogP contribution in [0.3, 0.4) is 0 Å². The molecule has 0 radical (unpaired) electrons. The Morgan fingerprint density at radius 2 is 2.17 bits per heavy atom. The topological polar surface area (TPSA) is 95.5 Å². The molecule has 0 aliphatic rings. The van der Waals surface area contributed by atoms with Crippen molar-refractivity contribution < 1.29 is 10.3 Å². The largest absolute Gasteiger partial charge is 0.359 e. The summed E-state index contributed by atoms with van der Waals surface area (Å²) in [5, 5.41) is 8.77. The van der Waals surface area contributed by atoms with Gasteiger partial charge in [0, 0.05) is 29.4 Å². The van der Waals surface area contributed by atoms with Crippen molar-refractivity contribution >= 4 is 5.69 Å². The average molecular weight is 307 g/mol. The fourth-order valence-corrected chi connectivity index (χ4v) is 2.13. The Balaban J connectivity index is 1.97. The van der Waals surface area contributed by atoms with Crippen LogP contribution in [-0.4, -0.2) is 27.1 Å². The summed E-state index contributed by atoms with van der Waals surface area (Å²) in [6.45, 7) is 0. The minimum Gasteiger partial charge on any atom is -0.359 e. The fraction of sp³-hybridized carbons (Fsp3) is 0.0625. The lowest BCUT2D eigenvalue weighted by atomic mass is 10.1. The van der Waals surface area contributed by atoms with Crippen molar-refractivity contribution in [3.05, 3.63) is 54.4 Å². The molecule has 0 amide bonds. The molecule has 0 saturated carbocycles. The van der Waals surface area contributed by atoms with Gasteiger partial charge in [0.2, 0.25) is 11.5 Å². The van der Waals surface area contributed by atoms with Gasteiger partial charge in [-0.3, -0.25) is 0 Å². The molecule has 7 nitrogen and oxygen atoms in total. The van der Waals surface area contributed by atoms with Gasteiger partial charge in [0.1, 0.15) is 5.69 Å². The Kier molecular flexibility index (Phi) is 4.29. The Morgan fingerprint density at radius 1 is 1.26 bits per heavy atom. The quantitative estimate of drug-likeness (QED) is 0.412. The second kappa shape index (κ2) is 6.70. The highest BCUT2D eigenvalue weighted by Crippen LogP contribution is 2.19. The first-order valence-corrected chi connectivity index (χ1v) is 6.87. The molecule has 0 fully saturated rings. The van der Waals surface area contributed by atoms with Gasteiger partial charge in [-0.25, -0.2) is 9.82 Å². The zero-order chi connectivity index (χ0) is 16.1. The SMILES string of the molecule is CO[NH2+]c1cccnc1-n1ncc(-c2cccc(C#CN)c2)n1. The Morgan fingerprint density at radius 3 is 3.00 bits per heavy atom. The molecule has 0 spiro atoms. The van der Waals surface area contributed by atoms with Gasteiger partial charge in [-0.15, -0.1) is 9.90 Å². The normalized spacial score (nSPS) is 10.1. The number of nitrogens with two attached hydrogens (primary N) is 2. The van der Waals surface area contributed by atoms with Crippen LogP contribution in [0.4, 0.5) is 5.69 Å². The van der Waals surface area contributed by atoms with Crippen molar-refractivity contribution in [1.29, 1.82) is 0 Å². The molecule has 2 heterocycles. The van der Waals surface area contributed by atoms with Crippen LogP contribution >= 0.6 is 0 Å². The van der Waals surface area contributed by atoms with Gasteiger partial charge in [-0.1, -0.05) is 12.1 Å². The molecule has 3 rings (SSSR count).